The Morgan fingerprint density at radius 2 is 1.67 bits per heavy atom. The number of nitrogens with one attached hydrogen (secondary N) is 1. The fourth-order valence-electron chi connectivity index (χ4n) is 3.43. The fraction of sp³-hybridized carbons (Fsp3) is 0.111. The van der Waals surface area contributed by atoms with E-state index in [1.807, 2.05) is 89.3 Å². The Labute approximate surface area is 222 Å². The molecule has 0 amide bonds. The summed E-state index contributed by atoms with van der Waals surface area (Å²) in [4.78, 5) is 12.7. The van der Waals surface area contributed by atoms with E-state index in [4.69, 9.17) is 13.8 Å². The Bertz CT molecular complexity index is 1470. The summed E-state index contributed by atoms with van der Waals surface area (Å²) in [6.45, 7) is 1.58. The number of nitrogens with zero attached hydrogens (tertiary/aromatic N) is 1. The zero-order valence-corrected chi connectivity index (χ0v) is 22.3. The van der Waals surface area contributed by atoms with Gasteiger partial charge in [0, 0.05) is 5.39 Å². The van der Waals surface area contributed by atoms with Crippen molar-refractivity contribution < 1.29 is 23.1 Å². The van der Waals surface area contributed by atoms with Gasteiger partial charge in [-0.05, 0) is 58.7 Å². The van der Waals surface area contributed by atoms with E-state index < -0.39 is 19.8 Å². The van der Waals surface area contributed by atoms with Crippen molar-refractivity contribution in [2.45, 2.75) is 19.6 Å². The SMILES string of the molecule is C[C@H](NP(=O)(Oc1c(I)cccc1C#N)Oc1cccc2ccccc12)C(=O)OCc1ccccc1. The lowest BCUT2D eigenvalue weighted by Crippen LogP contribution is -2.35. The van der Waals surface area contributed by atoms with Crippen LogP contribution in [-0.4, -0.2) is 12.0 Å². The summed E-state index contributed by atoms with van der Waals surface area (Å²) in [5.74, 6) is -0.229. The molecule has 4 aromatic rings. The molecule has 182 valence electrons. The number of ether oxygens (including phenoxy) is 1. The van der Waals surface area contributed by atoms with E-state index in [2.05, 4.69) is 5.09 Å². The Morgan fingerprint density at radius 3 is 2.44 bits per heavy atom. The third-order valence-electron chi connectivity index (χ3n) is 5.20. The molecule has 9 heteroatoms. The van der Waals surface area contributed by atoms with Crippen LogP contribution in [0.25, 0.3) is 10.8 Å². The number of hydrogen-bond donors (Lipinski definition) is 1. The number of fused-ring (bicyclic) bond motifs is 1. The predicted molar refractivity (Wildman–Crippen MR) is 146 cm³/mol. The molecular weight excluding hydrogens is 590 g/mol. The first-order valence-corrected chi connectivity index (χ1v) is 13.6. The lowest BCUT2D eigenvalue weighted by atomic mass is 10.1. The molecular formula is C27H22IN2O5P. The van der Waals surface area contributed by atoms with Crippen molar-refractivity contribution in [3.8, 4) is 17.6 Å². The number of nitriles is 1. The van der Waals surface area contributed by atoms with Crippen molar-refractivity contribution in [1.29, 1.82) is 5.26 Å². The van der Waals surface area contributed by atoms with Crippen LogP contribution in [-0.2, 0) is 20.7 Å². The lowest BCUT2D eigenvalue weighted by molar-refractivity contribution is -0.146. The number of para-hydroxylation sites is 1. The third-order valence-corrected chi connectivity index (χ3v) is 7.61. The summed E-state index contributed by atoms with van der Waals surface area (Å²) in [5, 5.41) is 13.8. The maximum atomic E-state index is 14.1. The van der Waals surface area contributed by atoms with Gasteiger partial charge in [-0.15, -0.1) is 0 Å². The summed E-state index contributed by atoms with van der Waals surface area (Å²) in [6, 6.07) is 28.0. The van der Waals surface area contributed by atoms with Crippen LogP contribution in [0.15, 0.2) is 91.0 Å². The van der Waals surface area contributed by atoms with E-state index >= 15 is 0 Å². The van der Waals surface area contributed by atoms with E-state index in [-0.39, 0.29) is 17.9 Å². The zero-order valence-electron chi connectivity index (χ0n) is 19.3. The molecule has 4 rings (SSSR count). The smallest absolute Gasteiger partial charge is 0.460 e. The highest BCUT2D eigenvalue weighted by molar-refractivity contribution is 14.1. The quantitative estimate of drug-likeness (QED) is 0.129. The van der Waals surface area contributed by atoms with Crippen molar-refractivity contribution in [2.24, 2.45) is 0 Å². The summed E-state index contributed by atoms with van der Waals surface area (Å²) in [5.41, 5.74) is 1.01. The molecule has 0 saturated carbocycles. The molecule has 0 aliphatic heterocycles. The van der Waals surface area contributed by atoms with Crippen molar-refractivity contribution in [1.82, 2.24) is 5.09 Å². The Balaban J connectivity index is 1.63. The van der Waals surface area contributed by atoms with Gasteiger partial charge in [-0.3, -0.25) is 4.79 Å². The number of rotatable bonds is 9. The molecule has 4 aromatic carbocycles. The van der Waals surface area contributed by atoms with Gasteiger partial charge in [0.1, 0.15) is 24.5 Å². The number of halogens is 1. The average molecular weight is 612 g/mol. The van der Waals surface area contributed by atoms with Gasteiger partial charge in [0.05, 0.1) is 9.13 Å². The summed E-state index contributed by atoms with van der Waals surface area (Å²) >= 11 is 1.99. The largest absolute Gasteiger partial charge is 0.513 e. The third kappa shape index (κ3) is 6.24. The number of benzene rings is 4. The van der Waals surface area contributed by atoms with Crippen LogP contribution in [0.3, 0.4) is 0 Å². The Kier molecular flexibility index (Phi) is 8.26. The first-order valence-electron chi connectivity index (χ1n) is 11.0. The number of hydrogen-bond acceptors (Lipinski definition) is 6. The molecule has 0 bridgehead atoms. The highest BCUT2D eigenvalue weighted by atomic mass is 127. The second-order valence-electron chi connectivity index (χ2n) is 7.83. The minimum absolute atomic E-state index is 0.0657. The van der Waals surface area contributed by atoms with Crippen LogP contribution in [0, 0.1) is 14.9 Å². The second-order valence-corrected chi connectivity index (χ2v) is 10.6. The van der Waals surface area contributed by atoms with E-state index in [9.17, 15) is 14.6 Å². The highest BCUT2D eigenvalue weighted by Crippen LogP contribution is 2.48. The molecule has 0 saturated heterocycles. The number of carbonyl (C=O) groups is 1. The topological polar surface area (TPSA) is 97.6 Å². The van der Waals surface area contributed by atoms with E-state index in [1.54, 1.807) is 30.3 Å². The van der Waals surface area contributed by atoms with Crippen LogP contribution in [0.1, 0.15) is 18.1 Å². The lowest BCUT2D eigenvalue weighted by Gasteiger charge is -2.24. The molecule has 0 spiro atoms. The Morgan fingerprint density at radius 1 is 0.972 bits per heavy atom. The monoisotopic (exact) mass is 612 g/mol. The molecule has 36 heavy (non-hydrogen) atoms. The van der Waals surface area contributed by atoms with Gasteiger partial charge in [-0.25, -0.2) is 4.57 Å². The fourth-order valence-corrected chi connectivity index (χ4v) is 5.79. The van der Waals surface area contributed by atoms with Gasteiger partial charge in [0.15, 0.2) is 5.75 Å². The average Bonchev–Trinajstić information content (AvgIpc) is 2.89. The van der Waals surface area contributed by atoms with E-state index in [0.717, 1.165) is 10.9 Å². The zero-order chi connectivity index (χ0) is 25.5. The van der Waals surface area contributed by atoms with Crippen molar-refractivity contribution in [2.75, 3.05) is 0 Å². The second kappa shape index (κ2) is 11.6. The van der Waals surface area contributed by atoms with Crippen molar-refractivity contribution in [3.63, 3.8) is 0 Å². The van der Waals surface area contributed by atoms with E-state index in [0.29, 0.717) is 14.7 Å². The maximum absolute atomic E-state index is 14.1. The highest BCUT2D eigenvalue weighted by Gasteiger charge is 2.35. The molecule has 7 nitrogen and oxygen atoms in total. The first kappa shape index (κ1) is 25.7. The molecule has 2 atom stereocenters. The van der Waals surface area contributed by atoms with Crippen LogP contribution >= 0.6 is 30.3 Å². The number of carbonyl (C=O) groups excluding carboxylic acids is 1. The molecule has 1 unspecified atom stereocenters. The van der Waals surface area contributed by atoms with Crippen molar-refractivity contribution in [3.05, 3.63) is 106 Å². The van der Waals surface area contributed by atoms with Gasteiger partial charge in [-0.1, -0.05) is 72.8 Å². The standard InChI is InChI=1S/C27H22IN2O5P/c1-19(27(31)33-18-20-9-3-2-4-10-20)30-36(32,35-26-22(17-29)13-7-15-24(26)28)34-25-16-8-12-21-11-5-6-14-23(21)25/h2-16,19H,18H2,1H3,(H,30,32)/t19-,36?/m0/s1. The molecule has 0 fully saturated rings. The van der Waals surface area contributed by atoms with Gasteiger partial charge in [-0.2, -0.15) is 10.3 Å². The van der Waals surface area contributed by atoms with Gasteiger partial charge < -0.3 is 13.8 Å². The van der Waals surface area contributed by atoms with Gasteiger partial charge in [0.25, 0.3) is 0 Å². The first-order chi connectivity index (χ1) is 17.4. The predicted octanol–water partition coefficient (Wildman–Crippen LogP) is 6.60. The van der Waals surface area contributed by atoms with Crippen LogP contribution in [0.5, 0.6) is 11.5 Å². The summed E-state index contributed by atoms with van der Waals surface area (Å²) in [7, 11) is -4.25. The van der Waals surface area contributed by atoms with Crippen LogP contribution in [0.2, 0.25) is 0 Å². The minimum atomic E-state index is -4.25. The maximum Gasteiger partial charge on any atom is 0.513 e. The summed E-state index contributed by atoms with van der Waals surface area (Å²) in [6.07, 6.45) is 0. The van der Waals surface area contributed by atoms with E-state index in [1.165, 1.54) is 6.92 Å². The van der Waals surface area contributed by atoms with Crippen LogP contribution < -0.4 is 14.1 Å². The molecule has 0 aliphatic rings. The molecule has 0 aliphatic carbocycles. The van der Waals surface area contributed by atoms with Gasteiger partial charge >= 0.3 is 13.7 Å². The van der Waals surface area contributed by atoms with Gasteiger partial charge in [0.2, 0.25) is 0 Å². The normalized spacial score (nSPS) is 13.2. The molecule has 1 N–H and O–H groups in total. The molecule has 0 aromatic heterocycles. The summed E-state index contributed by atoms with van der Waals surface area (Å²) < 4.78 is 31.9. The van der Waals surface area contributed by atoms with Crippen molar-refractivity contribution >= 4 is 47.1 Å². The van der Waals surface area contributed by atoms with Crippen LogP contribution in [0.4, 0.5) is 0 Å². The Hall–Kier alpha value is -3.38. The molecule has 0 heterocycles. The minimum Gasteiger partial charge on any atom is -0.460 e. The molecule has 0 radical (unpaired) electrons. The number of esters is 1.